The van der Waals surface area contributed by atoms with Crippen molar-refractivity contribution in [1.82, 2.24) is 10.2 Å². The summed E-state index contributed by atoms with van der Waals surface area (Å²) in [5.74, 6) is 0.264. The van der Waals surface area contributed by atoms with Crippen molar-refractivity contribution in [2.24, 2.45) is 17.6 Å². The Morgan fingerprint density at radius 3 is 2.63 bits per heavy atom. The van der Waals surface area contributed by atoms with Gasteiger partial charge in [0.15, 0.2) is 0 Å². The van der Waals surface area contributed by atoms with Gasteiger partial charge in [-0.3, -0.25) is 9.59 Å². The molecule has 1 saturated heterocycles. The number of hydrogen-bond donors (Lipinski definition) is 2. The number of piperazine rings is 1. The Morgan fingerprint density at radius 2 is 2.11 bits per heavy atom. The van der Waals surface area contributed by atoms with E-state index in [2.05, 4.69) is 5.32 Å². The highest BCUT2D eigenvalue weighted by Crippen LogP contribution is 2.28. The monoisotopic (exact) mass is 289 g/mol. The van der Waals surface area contributed by atoms with Gasteiger partial charge >= 0.3 is 0 Å². The van der Waals surface area contributed by atoms with Gasteiger partial charge in [-0.25, -0.2) is 0 Å². The van der Waals surface area contributed by atoms with Crippen molar-refractivity contribution in [3.8, 4) is 0 Å². The molecule has 0 aromatic carbocycles. The van der Waals surface area contributed by atoms with Crippen molar-refractivity contribution in [2.75, 3.05) is 13.1 Å². The van der Waals surface area contributed by atoms with E-state index < -0.39 is 0 Å². The maximum absolute atomic E-state index is 12.5. The van der Waals surface area contributed by atoms with Crippen molar-refractivity contribution in [2.45, 2.75) is 45.2 Å². The molecule has 1 heterocycles. The van der Waals surface area contributed by atoms with Crippen LogP contribution in [0.5, 0.6) is 0 Å². The van der Waals surface area contributed by atoms with Crippen LogP contribution in [0.2, 0.25) is 0 Å². The lowest BCUT2D eigenvalue weighted by Crippen LogP contribution is -2.60. The minimum atomic E-state index is -0.317. The van der Waals surface area contributed by atoms with Crippen LogP contribution in [0.15, 0.2) is 0 Å². The molecule has 19 heavy (non-hydrogen) atoms. The first-order chi connectivity index (χ1) is 8.50. The minimum Gasteiger partial charge on any atom is -0.353 e. The second kappa shape index (κ2) is 6.57. The van der Waals surface area contributed by atoms with E-state index in [0.29, 0.717) is 13.1 Å². The maximum atomic E-state index is 12.5. The fourth-order valence-corrected chi connectivity index (χ4v) is 3.07. The molecule has 1 aliphatic heterocycles. The lowest BCUT2D eigenvalue weighted by atomic mass is 9.96. The largest absolute Gasteiger partial charge is 0.353 e. The summed E-state index contributed by atoms with van der Waals surface area (Å²) >= 11 is 0. The lowest BCUT2D eigenvalue weighted by Gasteiger charge is -2.38. The molecule has 0 spiro atoms. The molecule has 0 bridgehead atoms. The molecule has 110 valence electrons. The van der Waals surface area contributed by atoms with Crippen molar-refractivity contribution in [1.29, 1.82) is 0 Å². The lowest BCUT2D eigenvalue weighted by molar-refractivity contribution is -0.147. The summed E-state index contributed by atoms with van der Waals surface area (Å²) in [5, 5.41) is 2.84. The first kappa shape index (κ1) is 16.2. The Bertz CT molecular complexity index is 349. The molecule has 2 aliphatic rings. The predicted molar refractivity (Wildman–Crippen MR) is 75.9 cm³/mol. The van der Waals surface area contributed by atoms with Crippen LogP contribution in [-0.2, 0) is 9.59 Å². The molecule has 2 fully saturated rings. The molecule has 0 radical (unpaired) electrons. The van der Waals surface area contributed by atoms with Gasteiger partial charge in [0.1, 0.15) is 6.04 Å². The van der Waals surface area contributed by atoms with E-state index in [1.165, 1.54) is 0 Å². The summed E-state index contributed by atoms with van der Waals surface area (Å²) in [6.45, 7) is 5.15. The summed E-state index contributed by atoms with van der Waals surface area (Å²) in [6.07, 6.45) is 2.55. The molecule has 1 aliphatic carbocycles. The van der Waals surface area contributed by atoms with Crippen molar-refractivity contribution < 1.29 is 9.59 Å². The van der Waals surface area contributed by atoms with Gasteiger partial charge in [-0.05, 0) is 25.2 Å². The van der Waals surface area contributed by atoms with Crippen LogP contribution in [0, 0.1) is 11.8 Å². The van der Waals surface area contributed by atoms with Gasteiger partial charge < -0.3 is 16.0 Å². The Balaban J connectivity index is 0.00000180. The number of halogens is 1. The third-order valence-corrected chi connectivity index (χ3v) is 3.99. The number of nitrogens with zero attached hydrogens (tertiary/aromatic N) is 1. The van der Waals surface area contributed by atoms with E-state index >= 15 is 0 Å². The predicted octanol–water partition coefficient (Wildman–Crippen LogP) is 0.519. The average molecular weight is 290 g/mol. The van der Waals surface area contributed by atoms with E-state index in [1.54, 1.807) is 4.90 Å². The van der Waals surface area contributed by atoms with E-state index in [4.69, 9.17) is 5.73 Å². The molecule has 0 aromatic rings. The normalized spacial score (nSPS) is 31.1. The van der Waals surface area contributed by atoms with E-state index in [9.17, 15) is 9.59 Å². The fraction of sp³-hybridized carbons (Fsp3) is 0.846. The zero-order valence-electron chi connectivity index (χ0n) is 11.6. The molecule has 0 aromatic heterocycles. The number of nitrogens with two attached hydrogens (primary N) is 1. The molecular weight excluding hydrogens is 266 g/mol. The van der Waals surface area contributed by atoms with Crippen LogP contribution in [0.25, 0.3) is 0 Å². The SMILES string of the molecule is CC(C)C1C(=O)NCCN1C(=O)C1CCC(N)C1.Cl. The van der Waals surface area contributed by atoms with Gasteiger partial charge in [0, 0.05) is 25.0 Å². The second-order valence-electron chi connectivity index (χ2n) is 5.78. The number of rotatable bonds is 2. The highest BCUT2D eigenvalue weighted by Gasteiger charge is 2.39. The summed E-state index contributed by atoms with van der Waals surface area (Å²) in [7, 11) is 0. The topological polar surface area (TPSA) is 75.4 Å². The van der Waals surface area contributed by atoms with Gasteiger partial charge in [0.25, 0.3) is 0 Å². The Kier molecular flexibility index (Phi) is 5.62. The molecule has 3 N–H and O–H groups in total. The molecule has 2 rings (SSSR count). The van der Waals surface area contributed by atoms with Gasteiger partial charge in [0.2, 0.25) is 11.8 Å². The van der Waals surface area contributed by atoms with Crippen LogP contribution in [0.4, 0.5) is 0 Å². The smallest absolute Gasteiger partial charge is 0.243 e. The summed E-state index contributed by atoms with van der Waals surface area (Å²) < 4.78 is 0. The molecule has 3 atom stereocenters. The number of nitrogens with one attached hydrogen (secondary N) is 1. The molecule has 1 saturated carbocycles. The minimum absolute atomic E-state index is 0. The standard InChI is InChI=1S/C13H23N3O2.ClH/c1-8(2)11-12(17)15-5-6-16(11)13(18)9-3-4-10(14)7-9;/h8-11H,3-7,14H2,1-2H3,(H,15,17);1H. The van der Waals surface area contributed by atoms with Crippen LogP contribution in [-0.4, -0.2) is 41.9 Å². The molecule has 5 nitrogen and oxygen atoms in total. The fourth-order valence-electron chi connectivity index (χ4n) is 3.07. The maximum Gasteiger partial charge on any atom is 0.243 e. The number of carbonyl (C=O) groups is 2. The number of carbonyl (C=O) groups excluding carboxylic acids is 2. The molecular formula is C13H24ClN3O2. The second-order valence-corrected chi connectivity index (χ2v) is 5.78. The van der Waals surface area contributed by atoms with Crippen molar-refractivity contribution in [3.05, 3.63) is 0 Å². The van der Waals surface area contributed by atoms with E-state index in [1.807, 2.05) is 13.8 Å². The number of hydrogen-bond acceptors (Lipinski definition) is 3. The zero-order chi connectivity index (χ0) is 13.3. The zero-order valence-corrected chi connectivity index (χ0v) is 12.4. The molecule has 3 unspecified atom stereocenters. The third-order valence-electron chi connectivity index (χ3n) is 3.99. The molecule has 6 heteroatoms. The van der Waals surface area contributed by atoms with Crippen LogP contribution in [0.1, 0.15) is 33.1 Å². The Labute approximate surface area is 120 Å². The van der Waals surface area contributed by atoms with Crippen LogP contribution in [0.3, 0.4) is 0 Å². The van der Waals surface area contributed by atoms with Gasteiger partial charge in [-0.2, -0.15) is 0 Å². The highest BCUT2D eigenvalue weighted by molar-refractivity contribution is 5.90. The highest BCUT2D eigenvalue weighted by atomic mass is 35.5. The Hall–Kier alpha value is -0.810. The van der Waals surface area contributed by atoms with Crippen molar-refractivity contribution in [3.63, 3.8) is 0 Å². The summed E-state index contributed by atoms with van der Waals surface area (Å²) in [6, 6.07) is -0.168. The first-order valence-corrected chi connectivity index (χ1v) is 6.84. The third kappa shape index (κ3) is 3.39. The quantitative estimate of drug-likeness (QED) is 0.778. The van der Waals surface area contributed by atoms with E-state index in [0.717, 1.165) is 19.3 Å². The molecule has 2 amide bonds. The van der Waals surface area contributed by atoms with Gasteiger partial charge in [0.05, 0.1) is 0 Å². The summed E-state index contributed by atoms with van der Waals surface area (Å²) in [5.41, 5.74) is 5.86. The Morgan fingerprint density at radius 1 is 1.42 bits per heavy atom. The number of amides is 2. The van der Waals surface area contributed by atoms with E-state index in [-0.39, 0.29) is 48.1 Å². The average Bonchev–Trinajstić information content (AvgIpc) is 2.74. The van der Waals surface area contributed by atoms with Gasteiger partial charge in [-0.1, -0.05) is 13.8 Å². The van der Waals surface area contributed by atoms with Crippen LogP contribution < -0.4 is 11.1 Å². The summed E-state index contributed by atoms with van der Waals surface area (Å²) in [4.78, 5) is 26.2. The van der Waals surface area contributed by atoms with Gasteiger partial charge in [-0.15, -0.1) is 12.4 Å². The first-order valence-electron chi connectivity index (χ1n) is 6.84. The van der Waals surface area contributed by atoms with Crippen LogP contribution >= 0.6 is 12.4 Å². The van der Waals surface area contributed by atoms with Crippen molar-refractivity contribution >= 4 is 24.2 Å².